The normalized spacial score (nSPS) is 17.7. The van der Waals surface area contributed by atoms with Crippen LogP contribution in [0.15, 0.2) is 36.5 Å². The lowest BCUT2D eigenvalue weighted by atomic mass is 9.99. The molecule has 7 atom stereocenters. The molecule has 542 valence electrons. The Morgan fingerprint density at radius 3 is 1.11 bits per heavy atom. The molecule has 1 heterocycles. The summed E-state index contributed by atoms with van der Waals surface area (Å²) in [6.07, 6.45) is 82.1. The summed E-state index contributed by atoms with van der Waals surface area (Å²) in [7, 11) is 0. The molecular formula is C81H153NO10. The van der Waals surface area contributed by atoms with Crippen LogP contribution in [0.5, 0.6) is 0 Å². The van der Waals surface area contributed by atoms with Crippen molar-refractivity contribution in [3.05, 3.63) is 36.5 Å². The zero-order chi connectivity index (χ0) is 66.5. The highest BCUT2D eigenvalue weighted by molar-refractivity contribution is 5.76. The molecule has 11 heteroatoms. The van der Waals surface area contributed by atoms with Gasteiger partial charge in [0, 0.05) is 12.8 Å². The average Bonchev–Trinajstić information content (AvgIpc) is 0.909. The van der Waals surface area contributed by atoms with E-state index in [9.17, 15) is 35.1 Å². The largest absolute Gasteiger partial charge is 0.466 e. The summed E-state index contributed by atoms with van der Waals surface area (Å²) in [5, 5.41) is 54.4. The van der Waals surface area contributed by atoms with E-state index in [1.807, 2.05) is 6.08 Å². The van der Waals surface area contributed by atoms with Gasteiger partial charge in [-0.1, -0.05) is 365 Å². The van der Waals surface area contributed by atoms with Gasteiger partial charge in [-0.25, -0.2) is 0 Å². The Morgan fingerprint density at radius 1 is 0.402 bits per heavy atom. The maximum absolute atomic E-state index is 13.0. The molecule has 0 aliphatic carbocycles. The minimum Gasteiger partial charge on any atom is -0.466 e. The van der Waals surface area contributed by atoms with Crippen LogP contribution < -0.4 is 5.32 Å². The number of unbranched alkanes of at least 4 members (excludes halogenated alkanes) is 54. The van der Waals surface area contributed by atoms with E-state index in [2.05, 4.69) is 43.5 Å². The maximum atomic E-state index is 13.0. The molecule has 1 rings (SSSR count). The number of carbonyl (C=O) groups is 2. The molecule has 0 bridgehead atoms. The van der Waals surface area contributed by atoms with Gasteiger partial charge in [-0.2, -0.15) is 0 Å². The summed E-state index contributed by atoms with van der Waals surface area (Å²) in [5.74, 6) is -0.170. The highest BCUT2D eigenvalue weighted by atomic mass is 16.7. The lowest BCUT2D eigenvalue weighted by Crippen LogP contribution is -2.60. The van der Waals surface area contributed by atoms with Crippen LogP contribution in [-0.4, -0.2) is 100 Å². The molecule has 1 aliphatic heterocycles. The Hall–Kier alpha value is -2.12. The van der Waals surface area contributed by atoms with Crippen LogP contribution >= 0.6 is 0 Å². The van der Waals surface area contributed by atoms with E-state index in [-0.39, 0.29) is 18.5 Å². The summed E-state index contributed by atoms with van der Waals surface area (Å²) in [6, 6.07) is -0.804. The SMILES string of the molecule is CCCCCC/C=C\C/C=C\CCCCCCCC(=O)OCCCCCCCCCCCCCCCCCCCCCCCCCCCCCCCCCCCCCCCCCC(=O)NC(COC1OC(CO)C(O)C(O)C1O)C(O)/C=C/CCCCCCCCC. The number of amides is 1. The third kappa shape index (κ3) is 58.1. The van der Waals surface area contributed by atoms with Gasteiger partial charge >= 0.3 is 5.97 Å². The minimum absolute atomic E-state index is 0.00532. The van der Waals surface area contributed by atoms with Crippen molar-refractivity contribution in [2.45, 2.75) is 448 Å². The Kier molecular flexibility index (Phi) is 67.1. The molecule has 0 radical (unpaired) electrons. The lowest BCUT2D eigenvalue weighted by Gasteiger charge is -2.40. The van der Waals surface area contributed by atoms with Crippen molar-refractivity contribution in [1.29, 1.82) is 0 Å². The Morgan fingerprint density at radius 2 is 0.728 bits per heavy atom. The number of ether oxygens (including phenoxy) is 3. The molecular weight excluding hydrogens is 1150 g/mol. The van der Waals surface area contributed by atoms with Gasteiger partial charge in [0.1, 0.15) is 24.4 Å². The third-order valence-corrected chi connectivity index (χ3v) is 19.2. The number of hydrogen-bond donors (Lipinski definition) is 6. The quantitative estimate of drug-likeness (QED) is 0.0195. The van der Waals surface area contributed by atoms with E-state index >= 15 is 0 Å². The van der Waals surface area contributed by atoms with Crippen LogP contribution in [0.25, 0.3) is 0 Å². The van der Waals surface area contributed by atoms with Gasteiger partial charge < -0.3 is 45.1 Å². The highest BCUT2D eigenvalue weighted by Crippen LogP contribution is 2.24. The summed E-state index contributed by atoms with van der Waals surface area (Å²) in [4.78, 5) is 25.1. The molecule has 0 aromatic carbocycles. The van der Waals surface area contributed by atoms with Gasteiger partial charge in [0.25, 0.3) is 0 Å². The first-order chi connectivity index (χ1) is 45.2. The smallest absolute Gasteiger partial charge is 0.305 e. The topological polar surface area (TPSA) is 175 Å². The fraction of sp³-hybridized carbons (Fsp3) is 0.901. The van der Waals surface area contributed by atoms with Crippen LogP contribution in [0.1, 0.15) is 406 Å². The number of hydrogen-bond acceptors (Lipinski definition) is 10. The standard InChI is InChI=1S/C81H153NO10/c1-3-5-7-9-11-13-14-15-16-43-46-49-53-57-61-65-69-77(86)90-70-66-62-58-54-50-47-44-41-39-37-35-33-31-29-27-25-23-21-19-17-18-20-22-24-26-28-30-32-34-36-38-40-42-45-48-52-56-60-64-68-76(85)82-73(74(84)67-63-59-55-51-12-10-8-6-4-2)72-91-81-80(89)79(88)78(87)75(71-83)92-81/h13-14,16,43,63,67,73-75,78-81,83-84,87-89H,3-12,15,17-42,44-62,64-66,68-72H2,1-2H3,(H,82,85)/b14-13-,43-16-,67-63+. The second-order valence-corrected chi connectivity index (χ2v) is 28.1. The van der Waals surface area contributed by atoms with Crippen LogP contribution in [0.4, 0.5) is 0 Å². The molecule has 1 saturated heterocycles. The van der Waals surface area contributed by atoms with Crippen molar-refractivity contribution in [2.24, 2.45) is 0 Å². The van der Waals surface area contributed by atoms with Crippen molar-refractivity contribution < 1.29 is 49.3 Å². The van der Waals surface area contributed by atoms with Gasteiger partial charge in [0.05, 0.1) is 32.0 Å². The van der Waals surface area contributed by atoms with E-state index in [1.54, 1.807) is 6.08 Å². The Balaban J connectivity index is 1.83. The van der Waals surface area contributed by atoms with E-state index in [4.69, 9.17) is 14.2 Å². The Bertz CT molecular complexity index is 1620. The first-order valence-electron chi connectivity index (χ1n) is 40.3. The molecule has 92 heavy (non-hydrogen) atoms. The van der Waals surface area contributed by atoms with Gasteiger partial charge in [-0.05, 0) is 64.2 Å². The van der Waals surface area contributed by atoms with Crippen LogP contribution in [0, 0.1) is 0 Å². The molecule has 6 N–H and O–H groups in total. The highest BCUT2D eigenvalue weighted by Gasteiger charge is 2.44. The average molecular weight is 1300 g/mol. The third-order valence-electron chi connectivity index (χ3n) is 19.2. The first kappa shape index (κ1) is 87.9. The van der Waals surface area contributed by atoms with E-state index in [0.717, 1.165) is 64.2 Å². The van der Waals surface area contributed by atoms with Crippen molar-refractivity contribution in [3.63, 3.8) is 0 Å². The molecule has 11 nitrogen and oxygen atoms in total. The number of allylic oxidation sites excluding steroid dienone is 5. The summed E-state index contributed by atoms with van der Waals surface area (Å²) < 4.78 is 16.7. The molecule has 0 spiro atoms. The van der Waals surface area contributed by atoms with Gasteiger partial charge in [0.15, 0.2) is 6.29 Å². The summed E-state index contributed by atoms with van der Waals surface area (Å²) in [5.41, 5.74) is 0. The molecule has 1 amide bonds. The van der Waals surface area contributed by atoms with E-state index in [0.29, 0.717) is 19.4 Å². The van der Waals surface area contributed by atoms with Crippen molar-refractivity contribution in [2.75, 3.05) is 19.8 Å². The van der Waals surface area contributed by atoms with Crippen molar-refractivity contribution >= 4 is 11.9 Å². The molecule has 1 fully saturated rings. The number of nitrogens with one attached hydrogen (secondary N) is 1. The lowest BCUT2D eigenvalue weighted by molar-refractivity contribution is -0.302. The van der Waals surface area contributed by atoms with Crippen LogP contribution in [0.3, 0.4) is 0 Å². The molecule has 0 saturated carbocycles. The van der Waals surface area contributed by atoms with Crippen molar-refractivity contribution in [1.82, 2.24) is 5.32 Å². The predicted octanol–water partition coefficient (Wildman–Crippen LogP) is 21.7. The second-order valence-electron chi connectivity index (χ2n) is 28.1. The molecule has 0 aromatic heterocycles. The van der Waals surface area contributed by atoms with Crippen molar-refractivity contribution in [3.8, 4) is 0 Å². The minimum atomic E-state index is -1.57. The van der Waals surface area contributed by atoms with Gasteiger partial charge in [-0.3, -0.25) is 9.59 Å². The molecule has 0 aromatic rings. The summed E-state index contributed by atoms with van der Waals surface area (Å²) >= 11 is 0. The second kappa shape index (κ2) is 70.2. The zero-order valence-electron chi connectivity index (χ0n) is 60.5. The number of rotatable bonds is 72. The fourth-order valence-corrected chi connectivity index (χ4v) is 12.9. The molecule has 1 aliphatic rings. The monoisotopic (exact) mass is 1300 g/mol. The number of aliphatic hydroxyl groups is 5. The predicted molar refractivity (Wildman–Crippen MR) is 389 cm³/mol. The fourth-order valence-electron chi connectivity index (χ4n) is 12.9. The first-order valence-corrected chi connectivity index (χ1v) is 40.3. The van der Waals surface area contributed by atoms with Crippen LogP contribution in [-0.2, 0) is 23.8 Å². The summed E-state index contributed by atoms with van der Waals surface area (Å²) in [6.45, 7) is 4.34. The number of carbonyl (C=O) groups excluding carboxylic acids is 2. The zero-order valence-corrected chi connectivity index (χ0v) is 60.5. The van der Waals surface area contributed by atoms with E-state index < -0.39 is 49.5 Å². The maximum Gasteiger partial charge on any atom is 0.305 e. The van der Waals surface area contributed by atoms with Crippen LogP contribution in [0.2, 0.25) is 0 Å². The van der Waals surface area contributed by atoms with E-state index in [1.165, 1.54) is 315 Å². The van der Waals surface area contributed by atoms with Gasteiger partial charge in [0.2, 0.25) is 5.91 Å². The Labute approximate surface area is 568 Å². The number of aliphatic hydroxyl groups excluding tert-OH is 5. The molecule has 7 unspecified atom stereocenters. The van der Waals surface area contributed by atoms with Gasteiger partial charge in [-0.15, -0.1) is 0 Å². The number of esters is 1.